The van der Waals surface area contributed by atoms with E-state index in [1.54, 1.807) is 42.5 Å². The summed E-state index contributed by atoms with van der Waals surface area (Å²) in [6.07, 6.45) is 0.220. The van der Waals surface area contributed by atoms with Crippen LogP contribution in [0.25, 0.3) is 11.1 Å². The molecule has 3 N–H and O–H groups in total. The maximum atomic E-state index is 13.7. The maximum absolute atomic E-state index is 13.7. The molecule has 4 heteroatoms. The predicted octanol–water partition coefficient (Wildman–Crippen LogP) is 2.45. The number of hydrogen-bond donors (Lipinski definition) is 2. The van der Waals surface area contributed by atoms with Crippen LogP contribution in [0, 0.1) is 5.82 Å². The van der Waals surface area contributed by atoms with Gasteiger partial charge in [0.15, 0.2) is 0 Å². The average molecular weight is 259 g/mol. The van der Waals surface area contributed by atoms with E-state index in [1.807, 2.05) is 0 Å². The molecule has 0 saturated heterocycles. The molecule has 98 valence electrons. The molecule has 0 spiro atoms. The second kappa shape index (κ2) is 5.63. The van der Waals surface area contributed by atoms with Gasteiger partial charge in [-0.1, -0.05) is 42.5 Å². The van der Waals surface area contributed by atoms with Crippen molar-refractivity contribution in [3.05, 3.63) is 59.9 Å². The van der Waals surface area contributed by atoms with Gasteiger partial charge in [-0.3, -0.25) is 4.79 Å². The first kappa shape index (κ1) is 13.2. The molecule has 0 heterocycles. The van der Waals surface area contributed by atoms with E-state index >= 15 is 0 Å². The fraction of sp³-hybridized carbons (Fsp3) is 0.133. The van der Waals surface area contributed by atoms with Crippen molar-refractivity contribution in [2.45, 2.75) is 12.5 Å². The second-order valence-corrected chi connectivity index (χ2v) is 4.33. The summed E-state index contributed by atoms with van der Waals surface area (Å²) in [5.74, 6) is -1.35. The highest BCUT2D eigenvalue weighted by Gasteiger charge is 2.12. The van der Waals surface area contributed by atoms with Gasteiger partial charge in [0.25, 0.3) is 0 Å². The fourth-order valence-corrected chi connectivity index (χ4v) is 1.90. The summed E-state index contributed by atoms with van der Waals surface area (Å²) in [7, 11) is 0. The normalized spacial score (nSPS) is 12.1. The van der Waals surface area contributed by atoms with Crippen molar-refractivity contribution in [2.75, 3.05) is 0 Å². The Kier molecular flexibility index (Phi) is 3.92. The molecule has 0 bridgehead atoms. The van der Waals surface area contributed by atoms with Crippen molar-refractivity contribution in [3.8, 4) is 11.1 Å². The Morgan fingerprint density at radius 1 is 1.21 bits per heavy atom. The summed E-state index contributed by atoms with van der Waals surface area (Å²) in [5, 5.41) is 8.79. The van der Waals surface area contributed by atoms with Gasteiger partial charge >= 0.3 is 5.97 Å². The predicted molar refractivity (Wildman–Crippen MR) is 71.2 cm³/mol. The monoisotopic (exact) mass is 259 g/mol. The fourth-order valence-electron chi connectivity index (χ4n) is 1.90. The van der Waals surface area contributed by atoms with Gasteiger partial charge in [-0.2, -0.15) is 0 Å². The quantitative estimate of drug-likeness (QED) is 0.886. The van der Waals surface area contributed by atoms with Crippen LogP contribution in [0.5, 0.6) is 0 Å². The molecule has 0 radical (unpaired) electrons. The number of nitrogens with two attached hydrogens (primary N) is 1. The molecule has 0 aliphatic rings. The lowest BCUT2D eigenvalue weighted by molar-refractivity contribution is -0.138. The third-order valence-electron chi connectivity index (χ3n) is 2.88. The molecule has 0 amide bonds. The molecule has 19 heavy (non-hydrogen) atoms. The highest BCUT2D eigenvalue weighted by Crippen LogP contribution is 2.23. The lowest BCUT2D eigenvalue weighted by atomic mass is 9.99. The van der Waals surface area contributed by atoms with E-state index in [9.17, 15) is 9.18 Å². The minimum absolute atomic E-state index is 0.220. The van der Waals surface area contributed by atoms with Crippen molar-refractivity contribution in [1.29, 1.82) is 0 Å². The molecule has 0 fully saturated rings. The third-order valence-corrected chi connectivity index (χ3v) is 2.88. The molecule has 3 nitrogen and oxygen atoms in total. The Labute approximate surface area is 110 Å². The van der Waals surface area contributed by atoms with Crippen LogP contribution in [0.2, 0.25) is 0 Å². The highest BCUT2D eigenvalue weighted by molar-refractivity contribution is 5.73. The largest absolute Gasteiger partial charge is 0.480 e. The van der Waals surface area contributed by atoms with E-state index in [1.165, 1.54) is 6.07 Å². The average Bonchev–Trinajstić information content (AvgIpc) is 2.39. The lowest BCUT2D eigenvalue weighted by Gasteiger charge is -2.09. The van der Waals surface area contributed by atoms with Gasteiger partial charge in [0.1, 0.15) is 11.9 Å². The SMILES string of the molecule is N[C@@H](Cc1cccc(-c2ccccc2F)c1)C(=O)O. The number of hydrogen-bond acceptors (Lipinski definition) is 2. The van der Waals surface area contributed by atoms with Crippen molar-refractivity contribution in [2.24, 2.45) is 5.73 Å². The molecule has 0 aliphatic carbocycles. The Balaban J connectivity index is 2.30. The zero-order chi connectivity index (χ0) is 13.8. The maximum Gasteiger partial charge on any atom is 0.320 e. The lowest BCUT2D eigenvalue weighted by Crippen LogP contribution is -2.32. The summed E-state index contributed by atoms with van der Waals surface area (Å²) < 4.78 is 13.7. The molecule has 2 rings (SSSR count). The van der Waals surface area contributed by atoms with Gasteiger partial charge in [-0.15, -0.1) is 0 Å². The number of carbonyl (C=O) groups is 1. The molecule has 0 unspecified atom stereocenters. The number of carboxylic acid groups (broad SMARTS) is 1. The number of carboxylic acids is 1. The van der Waals surface area contributed by atoms with Gasteiger partial charge in [0.05, 0.1) is 0 Å². The number of halogens is 1. The molecule has 0 aliphatic heterocycles. The van der Waals surface area contributed by atoms with Crippen molar-refractivity contribution in [1.82, 2.24) is 0 Å². The summed E-state index contributed by atoms with van der Waals surface area (Å²) >= 11 is 0. The number of aliphatic carboxylic acids is 1. The van der Waals surface area contributed by atoms with E-state index in [0.717, 1.165) is 5.56 Å². The first-order chi connectivity index (χ1) is 9.08. The molecule has 2 aromatic carbocycles. The first-order valence-corrected chi connectivity index (χ1v) is 5.90. The van der Waals surface area contributed by atoms with Crippen LogP contribution in [0.4, 0.5) is 4.39 Å². The highest BCUT2D eigenvalue weighted by atomic mass is 19.1. The van der Waals surface area contributed by atoms with Crippen LogP contribution in [0.1, 0.15) is 5.56 Å². The van der Waals surface area contributed by atoms with E-state index in [-0.39, 0.29) is 12.2 Å². The Hall–Kier alpha value is -2.20. The second-order valence-electron chi connectivity index (χ2n) is 4.33. The molecule has 0 aromatic heterocycles. The van der Waals surface area contributed by atoms with E-state index in [0.29, 0.717) is 11.1 Å². The first-order valence-electron chi connectivity index (χ1n) is 5.90. The third kappa shape index (κ3) is 3.17. The zero-order valence-corrected chi connectivity index (χ0v) is 10.2. The summed E-state index contributed by atoms with van der Waals surface area (Å²) in [6, 6.07) is 12.6. The molecular weight excluding hydrogens is 245 g/mol. The van der Waals surface area contributed by atoms with Gasteiger partial charge < -0.3 is 10.8 Å². The zero-order valence-electron chi connectivity index (χ0n) is 10.2. The molecule has 0 saturated carbocycles. The summed E-state index contributed by atoms with van der Waals surface area (Å²) in [5.41, 5.74) is 7.48. The minimum atomic E-state index is -1.05. The topological polar surface area (TPSA) is 63.3 Å². The number of rotatable bonds is 4. The van der Waals surface area contributed by atoms with Gasteiger partial charge in [0.2, 0.25) is 0 Å². The smallest absolute Gasteiger partial charge is 0.320 e. The molecule has 2 aromatic rings. The standard InChI is InChI=1S/C15H14FNO2/c16-13-7-2-1-6-12(13)11-5-3-4-10(8-11)9-14(17)15(18)19/h1-8,14H,9,17H2,(H,18,19)/t14-/m0/s1. The van der Waals surface area contributed by atoms with E-state index < -0.39 is 12.0 Å². The van der Waals surface area contributed by atoms with Crippen LogP contribution >= 0.6 is 0 Å². The molecular formula is C15H14FNO2. The van der Waals surface area contributed by atoms with Gasteiger partial charge in [0, 0.05) is 5.56 Å². The van der Waals surface area contributed by atoms with Crippen LogP contribution in [-0.2, 0) is 11.2 Å². The number of benzene rings is 2. The van der Waals surface area contributed by atoms with Crippen molar-refractivity contribution < 1.29 is 14.3 Å². The molecule has 1 atom stereocenters. The van der Waals surface area contributed by atoms with Gasteiger partial charge in [-0.25, -0.2) is 4.39 Å². The Morgan fingerprint density at radius 2 is 1.95 bits per heavy atom. The summed E-state index contributed by atoms with van der Waals surface area (Å²) in [4.78, 5) is 10.7. The van der Waals surface area contributed by atoms with Gasteiger partial charge in [-0.05, 0) is 23.6 Å². The van der Waals surface area contributed by atoms with E-state index in [4.69, 9.17) is 10.8 Å². The van der Waals surface area contributed by atoms with Crippen LogP contribution in [0.3, 0.4) is 0 Å². The Bertz CT molecular complexity index is 598. The van der Waals surface area contributed by atoms with Crippen molar-refractivity contribution >= 4 is 5.97 Å². The van der Waals surface area contributed by atoms with Crippen molar-refractivity contribution in [3.63, 3.8) is 0 Å². The summed E-state index contributed by atoms with van der Waals surface area (Å²) in [6.45, 7) is 0. The van der Waals surface area contributed by atoms with Crippen LogP contribution in [0.15, 0.2) is 48.5 Å². The van der Waals surface area contributed by atoms with E-state index in [2.05, 4.69) is 0 Å². The van der Waals surface area contributed by atoms with Crippen LogP contribution < -0.4 is 5.73 Å². The van der Waals surface area contributed by atoms with Crippen LogP contribution in [-0.4, -0.2) is 17.1 Å². The minimum Gasteiger partial charge on any atom is -0.480 e. The Morgan fingerprint density at radius 3 is 2.63 bits per heavy atom.